The number of thiophene rings is 1. The number of hydrogen-bond acceptors (Lipinski definition) is 5. The van der Waals surface area contributed by atoms with Crippen molar-refractivity contribution in [3.05, 3.63) is 50.9 Å². The van der Waals surface area contributed by atoms with Crippen LogP contribution in [0.25, 0.3) is 21.3 Å². The van der Waals surface area contributed by atoms with Gasteiger partial charge >= 0.3 is 5.97 Å². The van der Waals surface area contributed by atoms with Crippen molar-refractivity contribution in [3.63, 3.8) is 0 Å². The third-order valence-corrected chi connectivity index (χ3v) is 5.14. The Balaban J connectivity index is 2.23. The van der Waals surface area contributed by atoms with Gasteiger partial charge in [-0.05, 0) is 38.8 Å². The van der Waals surface area contributed by atoms with E-state index in [1.54, 1.807) is 6.92 Å². The maximum absolute atomic E-state index is 13.0. The largest absolute Gasteiger partial charge is 0.465 e. The van der Waals surface area contributed by atoms with E-state index >= 15 is 0 Å². The zero-order valence-electron chi connectivity index (χ0n) is 14.8. The first-order valence-electron chi connectivity index (χ1n) is 8.14. The normalized spacial score (nSPS) is 11.0. The molecular weight excluding hydrogens is 336 g/mol. The summed E-state index contributed by atoms with van der Waals surface area (Å²) in [6, 6.07) is 6.20. The Morgan fingerprint density at radius 2 is 2.04 bits per heavy atom. The molecule has 0 N–H and O–H groups in total. The van der Waals surface area contributed by atoms with Crippen LogP contribution in [0.5, 0.6) is 0 Å². The highest BCUT2D eigenvalue weighted by Gasteiger charge is 2.19. The van der Waals surface area contributed by atoms with Crippen LogP contribution in [0.3, 0.4) is 0 Å². The quantitative estimate of drug-likeness (QED) is 0.670. The number of fused-ring (bicyclic) bond motifs is 1. The van der Waals surface area contributed by atoms with Gasteiger partial charge < -0.3 is 4.74 Å². The molecule has 130 valence electrons. The predicted octanol–water partition coefficient (Wildman–Crippen LogP) is 3.61. The second-order valence-electron chi connectivity index (χ2n) is 6.01. The van der Waals surface area contributed by atoms with E-state index in [1.165, 1.54) is 22.2 Å². The lowest BCUT2D eigenvalue weighted by atomic mass is 9.97. The number of rotatable bonds is 4. The molecule has 0 spiro atoms. The maximum atomic E-state index is 13.0. The molecule has 0 aliphatic carbocycles. The van der Waals surface area contributed by atoms with Gasteiger partial charge in [-0.2, -0.15) is 0 Å². The van der Waals surface area contributed by atoms with E-state index in [0.29, 0.717) is 10.2 Å². The molecule has 0 aliphatic heterocycles. The van der Waals surface area contributed by atoms with E-state index in [0.717, 1.165) is 27.1 Å². The maximum Gasteiger partial charge on any atom is 0.326 e. The van der Waals surface area contributed by atoms with Crippen LogP contribution < -0.4 is 5.56 Å². The average Bonchev–Trinajstić information content (AvgIpc) is 2.89. The fourth-order valence-corrected chi connectivity index (χ4v) is 3.92. The lowest BCUT2D eigenvalue weighted by molar-refractivity contribution is -0.143. The molecule has 0 bridgehead atoms. The van der Waals surface area contributed by atoms with Gasteiger partial charge in [-0.15, -0.1) is 11.3 Å². The number of carbonyl (C=O) groups is 1. The van der Waals surface area contributed by atoms with Crippen LogP contribution in [0.4, 0.5) is 0 Å². The number of aromatic nitrogens is 2. The van der Waals surface area contributed by atoms with Crippen molar-refractivity contribution in [1.29, 1.82) is 0 Å². The average molecular weight is 356 g/mol. The molecule has 6 heteroatoms. The minimum atomic E-state index is -0.439. The third-order valence-electron chi connectivity index (χ3n) is 4.12. The van der Waals surface area contributed by atoms with Gasteiger partial charge in [-0.25, -0.2) is 4.98 Å². The monoisotopic (exact) mass is 356 g/mol. The van der Waals surface area contributed by atoms with Crippen LogP contribution in [0.15, 0.2) is 29.3 Å². The van der Waals surface area contributed by atoms with Crippen LogP contribution in [-0.2, 0) is 16.1 Å². The molecule has 0 radical (unpaired) electrons. The lowest BCUT2D eigenvalue weighted by Gasteiger charge is -2.09. The summed E-state index contributed by atoms with van der Waals surface area (Å²) in [5.74, 6) is -0.439. The predicted molar refractivity (Wildman–Crippen MR) is 100 cm³/mol. The second-order valence-corrected chi connectivity index (χ2v) is 7.22. The zero-order chi connectivity index (χ0) is 18.1. The van der Waals surface area contributed by atoms with Crippen molar-refractivity contribution < 1.29 is 9.53 Å². The SMILES string of the molecule is CCOC(=O)Cn1cnc2sc(C)c(-c3cc(C)ccc3C)c2c1=O. The van der Waals surface area contributed by atoms with Gasteiger partial charge in [0.1, 0.15) is 11.4 Å². The van der Waals surface area contributed by atoms with E-state index < -0.39 is 5.97 Å². The van der Waals surface area contributed by atoms with Crippen LogP contribution in [-0.4, -0.2) is 22.1 Å². The van der Waals surface area contributed by atoms with Gasteiger partial charge in [0.15, 0.2) is 0 Å². The summed E-state index contributed by atoms with van der Waals surface area (Å²) < 4.78 is 6.26. The molecule has 0 saturated heterocycles. The van der Waals surface area contributed by atoms with Gasteiger partial charge in [-0.3, -0.25) is 14.2 Å². The van der Waals surface area contributed by atoms with Gasteiger partial charge in [0, 0.05) is 10.4 Å². The van der Waals surface area contributed by atoms with E-state index in [9.17, 15) is 9.59 Å². The summed E-state index contributed by atoms with van der Waals surface area (Å²) in [6.07, 6.45) is 1.42. The Morgan fingerprint density at radius 3 is 2.76 bits per heavy atom. The number of carbonyl (C=O) groups excluding carboxylic acids is 1. The molecule has 3 aromatic rings. The van der Waals surface area contributed by atoms with Crippen molar-refractivity contribution in [2.24, 2.45) is 0 Å². The number of aryl methyl sites for hydroxylation is 3. The fourth-order valence-electron chi connectivity index (χ4n) is 2.93. The molecule has 25 heavy (non-hydrogen) atoms. The van der Waals surface area contributed by atoms with Gasteiger partial charge in [0.2, 0.25) is 0 Å². The number of nitrogens with zero attached hydrogens (tertiary/aromatic N) is 2. The number of hydrogen-bond donors (Lipinski definition) is 0. The summed E-state index contributed by atoms with van der Waals surface area (Å²) >= 11 is 1.50. The van der Waals surface area contributed by atoms with Crippen molar-refractivity contribution in [2.75, 3.05) is 6.61 Å². The summed E-state index contributed by atoms with van der Waals surface area (Å²) in [4.78, 5) is 30.9. The highest BCUT2D eigenvalue weighted by Crippen LogP contribution is 2.37. The summed E-state index contributed by atoms with van der Waals surface area (Å²) in [5, 5.41) is 0.572. The molecular formula is C19H20N2O3S. The van der Waals surface area contributed by atoms with Crippen LogP contribution >= 0.6 is 11.3 Å². The molecule has 3 rings (SSSR count). The highest BCUT2D eigenvalue weighted by molar-refractivity contribution is 7.19. The smallest absolute Gasteiger partial charge is 0.326 e. The first-order chi connectivity index (χ1) is 11.9. The van der Waals surface area contributed by atoms with Crippen molar-refractivity contribution in [1.82, 2.24) is 9.55 Å². The number of esters is 1. The highest BCUT2D eigenvalue weighted by atomic mass is 32.1. The topological polar surface area (TPSA) is 61.2 Å². The van der Waals surface area contributed by atoms with E-state index in [-0.39, 0.29) is 18.7 Å². The molecule has 5 nitrogen and oxygen atoms in total. The van der Waals surface area contributed by atoms with E-state index in [1.807, 2.05) is 20.8 Å². The summed E-state index contributed by atoms with van der Waals surface area (Å²) in [7, 11) is 0. The first kappa shape index (κ1) is 17.4. The molecule has 0 fully saturated rings. The van der Waals surface area contributed by atoms with Crippen LogP contribution in [0, 0.1) is 20.8 Å². The Morgan fingerprint density at radius 1 is 1.28 bits per heavy atom. The molecule has 0 unspecified atom stereocenters. The Bertz CT molecular complexity index is 1020. The zero-order valence-corrected chi connectivity index (χ0v) is 15.6. The molecule has 0 atom stereocenters. The molecule has 0 amide bonds. The van der Waals surface area contributed by atoms with Crippen LogP contribution in [0.2, 0.25) is 0 Å². The minimum absolute atomic E-state index is 0.128. The van der Waals surface area contributed by atoms with Crippen LogP contribution in [0.1, 0.15) is 22.9 Å². The summed E-state index contributed by atoms with van der Waals surface area (Å²) in [5.41, 5.74) is 3.98. The summed E-state index contributed by atoms with van der Waals surface area (Å²) in [6.45, 7) is 7.96. The Kier molecular flexibility index (Phi) is 4.72. The third kappa shape index (κ3) is 3.22. The van der Waals surface area contributed by atoms with Crippen molar-refractivity contribution in [3.8, 4) is 11.1 Å². The molecule has 2 heterocycles. The van der Waals surface area contributed by atoms with Gasteiger partial charge in [-0.1, -0.05) is 23.8 Å². The minimum Gasteiger partial charge on any atom is -0.465 e. The van der Waals surface area contributed by atoms with E-state index in [4.69, 9.17) is 4.74 Å². The van der Waals surface area contributed by atoms with Crippen molar-refractivity contribution in [2.45, 2.75) is 34.2 Å². The number of benzene rings is 1. The Labute approximate surface area is 149 Å². The molecule has 2 aromatic heterocycles. The first-order valence-corrected chi connectivity index (χ1v) is 8.95. The molecule has 0 aliphatic rings. The van der Waals surface area contributed by atoms with E-state index in [2.05, 4.69) is 23.2 Å². The molecule has 0 saturated carbocycles. The molecule has 1 aromatic carbocycles. The van der Waals surface area contributed by atoms with Crippen molar-refractivity contribution >= 4 is 27.5 Å². The fraction of sp³-hybridized carbons (Fsp3) is 0.316. The standard InChI is InChI=1S/C19H20N2O3S/c1-5-24-15(22)9-21-10-20-18-17(19(21)23)16(13(4)25-18)14-8-11(2)6-7-12(14)3/h6-8,10H,5,9H2,1-4H3. The van der Waals surface area contributed by atoms with Gasteiger partial charge in [0.25, 0.3) is 5.56 Å². The lowest BCUT2D eigenvalue weighted by Crippen LogP contribution is -2.25. The van der Waals surface area contributed by atoms with Gasteiger partial charge in [0.05, 0.1) is 18.3 Å². The second kappa shape index (κ2) is 6.80. The Hall–Kier alpha value is -2.47. The number of ether oxygens (including phenoxy) is 1.